The van der Waals surface area contributed by atoms with Crippen molar-refractivity contribution in [3.8, 4) is 0 Å². The summed E-state index contributed by atoms with van der Waals surface area (Å²) < 4.78 is 0. The molecule has 0 aromatic carbocycles. The van der Waals surface area contributed by atoms with Gasteiger partial charge in [-0.05, 0) is 73.7 Å². The van der Waals surface area contributed by atoms with Crippen LogP contribution in [0.4, 0.5) is 0 Å². The van der Waals surface area contributed by atoms with Gasteiger partial charge in [0.2, 0.25) is 0 Å². The van der Waals surface area contributed by atoms with Gasteiger partial charge in [-0.1, -0.05) is 27.7 Å². The zero-order chi connectivity index (χ0) is 13.9. The molecule has 0 aromatic rings. The maximum absolute atomic E-state index is 5.01. The summed E-state index contributed by atoms with van der Waals surface area (Å²) in [7, 11) is 0. The van der Waals surface area contributed by atoms with E-state index >= 15 is 0 Å². The Balaban J connectivity index is 1.82. The minimum Gasteiger partial charge on any atom is -0.303 e. The molecule has 5 unspecified atom stereocenters. The number of hydrogen-bond donors (Lipinski definition) is 2. The Labute approximate surface area is 124 Å². The van der Waals surface area contributed by atoms with Gasteiger partial charge in [0.05, 0.1) is 4.87 Å². The molecule has 2 saturated carbocycles. The molecule has 2 saturated heterocycles. The minimum atomic E-state index is 0.111. The summed E-state index contributed by atoms with van der Waals surface area (Å²) in [6, 6.07) is 0. The highest BCUT2D eigenvalue weighted by Gasteiger charge is 2.55. The van der Waals surface area contributed by atoms with Crippen molar-refractivity contribution in [2.45, 2.75) is 71.1 Å². The third kappa shape index (κ3) is 2.37. The van der Waals surface area contributed by atoms with E-state index in [0.717, 1.165) is 17.8 Å². The number of rotatable bonds is 0. The molecule has 4 fully saturated rings. The molecule has 0 amide bonds. The smallest absolute Gasteiger partial charge is 0.0618 e. The van der Waals surface area contributed by atoms with Crippen molar-refractivity contribution in [2.75, 3.05) is 6.54 Å². The molecule has 2 heterocycles. The first kappa shape index (κ1) is 14.3. The number of hydrogen-bond acceptors (Lipinski definition) is 2. The lowest BCUT2D eigenvalue weighted by Crippen LogP contribution is -2.56. The summed E-state index contributed by atoms with van der Waals surface area (Å²) >= 11 is 5.01. The van der Waals surface area contributed by atoms with Crippen molar-refractivity contribution < 1.29 is 0 Å². The Hall–Kier alpha value is 0.310. The van der Waals surface area contributed by atoms with Gasteiger partial charge in [0.25, 0.3) is 0 Å². The maximum Gasteiger partial charge on any atom is 0.0618 e. The van der Waals surface area contributed by atoms with E-state index in [1.807, 2.05) is 0 Å². The van der Waals surface area contributed by atoms with E-state index in [4.69, 9.17) is 12.6 Å². The summed E-state index contributed by atoms with van der Waals surface area (Å²) in [5.74, 6) is 2.62. The average Bonchev–Trinajstić information content (AvgIpc) is 2.25. The Morgan fingerprint density at radius 2 is 1.84 bits per heavy atom. The highest BCUT2D eigenvalue weighted by molar-refractivity contribution is 7.81. The van der Waals surface area contributed by atoms with Crippen molar-refractivity contribution in [2.24, 2.45) is 28.6 Å². The van der Waals surface area contributed by atoms with Gasteiger partial charge in [-0.3, -0.25) is 0 Å². The van der Waals surface area contributed by atoms with Crippen LogP contribution in [0.2, 0.25) is 0 Å². The summed E-state index contributed by atoms with van der Waals surface area (Å²) in [6.07, 6.45) is 8.15. The summed E-state index contributed by atoms with van der Waals surface area (Å²) in [6.45, 7) is 11.1. The number of fused-ring (bicyclic) bond motifs is 4. The summed E-state index contributed by atoms with van der Waals surface area (Å²) in [4.78, 5) is 0.111. The van der Waals surface area contributed by atoms with Crippen molar-refractivity contribution in [1.82, 2.24) is 5.32 Å². The molecule has 0 radical (unpaired) electrons. The minimum absolute atomic E-state index is 0.111. The fourth-order valence-corrected chi connectivity index (χ4v) is 6.38. The predicted molar refractivity (Wildman–Crippen MR) is 85.5 cm³/mol. The van der Waals surface area contributed by atoms with Gasteiger partial charge in [0.1, 0.15) is 0 Å². The van der Waals surface area contributed by atoms with E-state index in [2.05, 4.69) is 33.0 Å². The standard InChI is InChI=1S/C17H31NS/c1-12-9-17(19)8-6-14-15(2,3)11-16(14,4)7-5-13(12)10-18-17/h12-14,18-19H,5-11H2,1-4H3. The summed E-state index contributed by atoms with van der Waals surface area (Å²) in [5.41, 5.74) is 1.17. The first-order valence-corrected chi connectivity index (χ1v) is 8.66. The molecular weight excluding hydrogens is 250 g/mol. The van der Waals surface area contributed by atoms with Crippen LogP contribution in [0.15, 0.2) is 0 Å². The van der Waals surface area contributed by atoms with Crippen LogP contribution < -0.4 is 5.32 Å². The molecule has 2 aliphatic heterocycles. The zero-order valence-corrected chi connectivity index (χ0v) is 14.0. The molecule has 2 heteroatoms. The fourth-order valence-electron chi connectivity index (χ4n) is 5.87. The quantitative estimate of drug-likeness (QED) is 0.624. The SMILES string of the molecule is CC1CC2(S)CCC3C(C)(C)CC3(C)CCC1CN2. The molecule has 0 spiro atoms. The largest absolute Gasteiger partial charge is 0.303 e. The Kier molecular flexibility index (Phi) is 3.30. The molecule has 2 bridgehead atoms. The van der Waals surface area contributed by atoms with Crippen LogP contribution in [-0.2, 0) is 0 Å². The van der Waals surface area contributed by atoms with Crippen LogP contribution in [0.1, 0.15) is 66.2 Å². The monoisotopic (exact) mass is 281 g/mol. The normalized spacial score (nSPS) is 53.2. The molecular formula is C17H31NS. The van der Waals surface area contributed by atoms with Crippen molar-refractivity contribution in [3.63, 3.8) is 0 Å². The highest BCUT2D eigenvalue weighted by Crippen LogP contribution is 2.64. The number of piperidine rings is 1. The maximum atomic E-state index is 5.01. The molecule has 1 N–H and O–H groups in total. The summed E-state index contributed by atoms with van der Waals surface area (Å²) in [5, 5.41) is 3.76. The van der Waals surface area contributed by atoms with Crippen LogP contribution >= 0.6 is 12.6 Å². The molecule has 5 atom stereocenters. The molecule has 0 aromatic heterocycles. The lowest BCUT2D eigenvalue weighted by molar-refractivity contribution is -0.114. The molecule has 4 aliphatic rings. The van der Waals surface area contributed by atoms with Crippen molar-refractivity contribution in [1.29, 1.82) is 0 Å². The molecule has 19 heavy (non-hydrogen) atoms. The van der Waals surface area contributed by atoms with E-state index in [9.17, 15) is 0 Å². The van der Waals surface area contributed by atoms with Crippen LogP contribution in [0.5, 0.6) is 0 Å². The third-order valence-corrected chi connectivity index (χ3v) is 7.30. The molecule has 2 aliphatic carbocycles. The van der Waals surface area contributed by atoms with Gasteiger partial charge in [-0.25, -0.2) is 0 Å². The van der Waals surface area contributed by atoms with E-state index in [-0.39, 0.29) is 4.87 Å². The Bertz CT molecular complexity index is 366. The van der Waals surface area contributed by atoms with E-state index in [0.29, 0.717) is 10.8 Å². The van der Waals surface area contributed by atoms with Gasteiger partial charge in [-0.15, -0.1) is 0 Å². The van der Waals surface area contributed by atoms with Crippen molar-refractivity contribution in [3.05, 3.63) is 0 Å². The second-order valence-electron chi connectivity index (χ2n) is 8.80. The van der Waals surface area contributed by atoms with Crippen LogP contribution in [0.3, 0.4) is 0 Å². The van der Waals surface area contributed by atoms with Gasteiger partial charge < -0.3 is 5.32 Å². The van der Waals surface area contributed by atoms with Gasteiger partial charge in [0, 0.05) is 0 Å². The Morgan fingerprint density at radius 1 is 1.11 bits per heavy atom. The fraction of sp³-hybridized carbons (Fsp3) is 1.00. The van der Waals surface area contributed by atoms with Gasteiger partial charge in [-0.2, -0.15) is 12.6 Å². The van der Waals surface area contributed by atoms with E-state index in [1.54, 1.807) is 0 Å². The molecule has 110 valence electrons. The second kappa shape index (κ2) is 4.40. The topological polar surface area (TPSA) is 12.0 Å². The zero-order valence-electron chi connectivity index (χ0n) is 13.1. The highest BCUT2D eigenvalue weighted by atomic mass is 32.1. The lowest BCUT2D eigenvalue weighted by atomic mass is 9.44. The molecule has 4 rings (SSSR count). The average molecular weight is 282 g/mol. The van der Waals surface area contributed by atoms with Gasteiger partial charge in [0.15, 0.2) is 0 Å². The Morgan fingerprint density at radius 3 is 2.47 bits per heavy atom. The van der Waals surface area contributed by atoms with Crippen LogP contribution in [0.25, 0.3) is 0 Å². The van der Waals surface area contributed by atoms with E-state index in [1.165, 1.54) is 45.1 Å². The third-order valence-electron chi connectivity index (χ3n) is 6.73. The first-order chi connectivity index (χ1) is 8.74. The van der Waals surface area contributed by atoms with Crippen molar-refractivity contribution >= 4 is 12.6 Å². The van der Waals surface area contributed by atoms with Crippen LogP contribution in [-0.4, -0.2) is 11.4 Å². The second-order valence-corrected chi connectivity index (χ2v) is 9.66. The predicted octanol–water partition coefficient (Wildman–Crippen LogP) is 4.48. The number of thiol groups is 1. The van der Waals surface area contributed by atoms with E-state index < -0.39 is 0 Å². The van der Waals surface area contributed by atoms with Crippen LogP contribution in [0, 0.1) is 28.6 Å². The first-order valence-electron chi connectivity index (χ1n) is 8.22. The number of nitrogens with one attached hydrogen (secondary N) is 1. The lowest BCUT2D eigenvalue weighted by Gasteiger charge is -2.62. The van der Waals surface area contributed by atoms with Gasteiger partial charge >= 0.3 is 0 Å². The molecule has 1 nitrogen and oxygen atoms in total.